The fraction of sp³-hybridized carbons (Fsp3) is 0.545. The molecule has 2 heterocycles. The Bertz CT molecular complexity index is 587. The first-order chi connectivity index (χ1) is 8.04. The number of aromatic nitrogens is 4. The van der Waals surface area contributed by atoms with Gasteiger partial charge in [0, 0.05) is 12.0 Å². The van der Waals surface area contributed by atoms with Gasteiger partial charge in [-0.1, -0.05) is 13.8 Å². The third-order valence-electron chi connectivity index (χ3n) is 3.05. The highest BCUT2D eigenvalue weighted by Crippen LogP contribution is 2.20. The summed E-state index contributed by atoms with van der Waals surface area (Å²) in [5.41, 5.74) is 0.997. The largest absolute Gasteiger partial charge is 0.392 e. The van der Waals surface area contributed by atoms with E-state index >= 15 is 0 Å². The van der Waals surface area contributed by atoms with Crippen LogP contribution < -0.4 is 5.69 Å². The van der Waals surface area contributed by atoms with Crippen molar-refractivity contribution >= 4 is 5.65 Å². The maximum absolute atomic E-state index is 11.4. The van der Waals surface area contributed by atoms with Crippen LogP contribution in [0.5, 0.6) is 0 Å². The van der Waals surface area contributed by atoms with Crippen LogP contribution in [-0.4, -0.2) is 30.8 Å². The van der Waals surface area contributed by atoms with Gasteiger partial charge in [0.2, 0.25) is 0 Å². The number of aliphatic hydroxyl groups excluding tert-OH is 1. The fourth-order valence-electron chi connectivity index (χ4n) is 1.90. The average Bonchev–Trinajstić information content (AvgIpc) is 2.69. The lowest BCUT2D eigenvalue weighted by molar-refractivity contribution is 0.143. The Labute approximate surface area is 98.3 Å². The molecule has 17 heavy (non-hydrogen) atoms. The number of rotatable bonds is 3. The van der Waals surface area contributed by atoms with Crippen molar-refractivity contribution < 1.29 is 5.11 Å². The second kappa shape index (κ2) is 4.29. The Kier molecular flexibility index (Phi) is 2.97. The molecule has 0 saturated carbocycles. The van der Waals surface area contributed by atoms with E-state index in [9.17, 15) is 9.90 Å². The van der Waals surface area contributed by atoms with E-state index in [1.807, 2.05) is 13.8 Å². The fourth-order valence-corrected chi connectivity index (χ4v) is 1.90. The number of hydrogen-bond acceptors (Lipinski definition) is 4. The number of fused-ring (bicyclic) bond motifs is 1. The van der Waals surface area contributed by atoms with E-state index in [1.165, 1.54) is 4.40 Å². The van der Waals surface area contributed by atoms with Crippen molar-refractivity contribution in [2.24, 2.45) is 0 Å². The van der Waals surface area contributed by atoms with Gasteiger partial charge in [0.25, 0.3) is 0 Å². The molecule has 92 valence electrons. The monoisotopic (exact) mass is 236 g/mol. The molecular weight excluding hydrogens is 220 g/mol. The molecule has 0 fully saturated rings. The number of H-pyrrole nitrogens is 1. The van der Waals surface area contributed by atoms with Crippen molar-refractivity contribution in [3.8, 4) is 0 Å². The number of aryl methyl sites for hydroxylation is 1. The highest BCUT2D eigenvalue weighted by molar-refractivity contribution is 5.39. The van der Waals surface area contributed by atoms with E-state index in [-0.39, 0.29) is 11.6 Å². The Hall–Kier alpha value is -1.69. The van der Waals surface area contributed by atoms with Gasteiger partial charge in [-0.2, -0.15) is 5.10 Å². The molecule has 0 aliphatic rings. The zero-order valence-corrected chi connectivity index (χ0v) is 10.1. The molecule has 0 aromatic carbocycles. The minimum atomic E-state index is -0.435. The zero-order chi connectivity index (χ0) is 12.6. The van der Waals surface area contributed by atoms with E-state index in [2.05, 4.69) is 15.2 Å². The number of hydrogen-bond donors (Lipinski definition) is 2. The Balaban J connectivity index is 2.54. The van der Waals surface area contributed by atoms with Crippen LogP contribution in [0.15, 0.2) is 10.9 Å². The summed E-state index contributed by atoms with van der Waals surface area (Å²) in [4.78, 5) is 15.8. The van der Waals surface area contributed by atoms with Gasteiger partial charge >= 0.3 is 5.69 Å². The summed E-state index contributed by atoms with van der Waals surface area (Å²) in [7, 11) is 0. The SMILES string of the molecule is CCC(O)C(C)c1cc2n[nH]c(=O)n2c(C)n1. The molecule has 0 aliphatic heterocycles. The number of nitrogens with one attached hydrogen (secondary N) is 1. The molecule has 0 bridgehead atoms. The lowest BCUT2D eigenvalue weighted by Crippen LogP contribution is -2.19. The molecule has 0 spiro atoms. The van der Waals surface area contributed by atoms with Crippen LogP contribution in [0.25, 0.3) is 5.65 Å². The van der Waals surface area contributed by atoms with Gasteiger partial charge in [-0.25, -0.2) is 19.3 Å². The molecule has 2 N–H and O–H groups in total. The molecule has 2 atom stereocenters. The third kappa shape index (κ3) is 1.95. The van der Waals surface area contributed by atoms with Crippen LogP contribution >= 0.6 is 0 Å². The average molecular weight is 236 g/mol. The van der Waals surface area contributed by atoms with Crippen molar-refractivity contribution in [1.82, 2.24) is 19.6 Å². The quantitative estimate of drug-likeness (QED) is 0.817. The van der Waals surface area contributed by atoms with Crippen molar-refractivity contribution in [1.29, 1.82) is 0 Å². The molecule has 2 aromatic heterocycles. The first kappa shape index (κ1) is 11.8. The number of aliphatic hydroxyl groups is 1. The Morgan fingerprint density at radius 3 is 2.94 bits per heavy atom. The lowest BCUT2D eigenvalue weighted by atomic mass is 9.98. The van der Waals surface area contributed by atoms with Gasteiger partial charge in [-0.15, -0.1) is 0 Å². The van der Waals surface area contributed by atoms with Crippen molar-refractivity contribution in [2.75, 3.05) is 0 Å². The summed E-state index contributed by atoms with van der Waals surface area (Å²) in [6.07, 6.45) is 0.232. The predicted octanol–water partition coefficient (Wildman–Crippen LogP) is 0.600. The minimum Gasteiger partial charge on any atom is -0.392 e. The number of nitrogens with zero attached hydrogens (tertiary/aromatic N) is 3. The molecule has 0 radical (unpaired) electrons. The zero-order valence-electron chi connectivity index (χ0n) is 10.1. The van der Waals surface area contributed by atoms with Crippen LogP contribution in [-0.2, 0) is 0 Å². The highest BCUT2D eigenvalue weighted by atomic mass is 16.3. The van der Waals surface area contributed by atoms with Gasteiger partial charge in [0.15, 0.2) is 5.65 Å². The summed E-state index contributed by atoms with van der Waals surface area (Å²) in [5.74, 6) is 0.502. The van der Waals surface area contributed by atoms with Gasteiger partial charge in [-0.3, -0.25) is 0 Å². The van der Waals surface area contributed by atoms with Crippen LogP contribution in [0, 0.1) is 6.92 Å². The summed E-state index contributed by atoms with van der Waals surface area (Å²) in [5, 5.41) is 16.1. The lowest BCUT2D eigenvalue weighted by Gasteiger charge is -2.17. The van der Waals surface area contributed by atoms with Crippen LogP contribution in [0.3, 0.4) is 0 Å². The molecule has 6 heteroatoms. The van der Waals surface area contributed by atoms with Crippen LogP contribution in [0.2, 0.25) is 0 Å². The summed E-state index contributed by atoms with van der Waals surface area (Å²) >= 11 is 0. The second-order valence-electron chi connectivity index (χ2n) is 4.21. The maximum atomic E-state index is 11.4. The summed E-state index contributed by atoms with van der Waals surface area (Å²) in [6.45, 7) is 5.58. The van der Waals surface area contributed by atoms with Crippen LogP contribution in [0.1, 0.15) is 37.7 Å². The van der Waals surface area contributed by atoms with Gasteiger partial charge < -0.3 is 5.11 Å². The highest BCUT2D eigenvalue weighted by Gasteiger charge is 2.18. The van der Waals surface area contributed by atoms with Gasteiger partial charge in [-0.05, 0) is 13.3 Å². The molecule has 2 aromatic rings. The molecule has 0 saturated heterocycles. The molecular formula is C11H16N4O2. The molecule has 0 aliphatic carbocycles. The second-order valence-corrected chi connectivity index (χ2v) is 4.21. The smallest absolute Gasteiger partial charge is 0.349 e. The van der Waals surface area contributed by atoms with E-state index in [0.717, 1.165) is 5.69 Å². The van der Waals surface area contributed by atoms with E-state index in [0.29, 0.717) is 17.9 Å². The predicted molar refractivity (Wildman–Crippen MR) is 63.1 cm³/mol. The topological polar surface area (TPSA) is 83.3 Å². The number of aromatic amines is 1. The Morgan fingerprint density at radius 2 is 2.29 bits per heavy atom. The maximum Gasteiger partial charge on any atom is 0.349 e. The van der Waals surface area contributed by atoms with Crippen molar-refractivity contribution in [3.63, 3.8) is 0 Å². The van der Waals surface area contributed by atoms with Gasteiger partial charge in [0.1, 0.15) is 5.82 Å². The van der Waals surface area contributed by atoms with Crippen molar-refractivity contribution in [3.05, 3.63) is 28.1 Å². The summed E-state index contributed by atoms with van der Waals surface area (Å²) in [6, 6.07) is 1.73. The minimum absolute atomic E-state index is 0.0736. The first-order valence-corrected chi connectivity index (χ1v) is 5.67. The van der Waals surface area contributed by atoms with Crippen molar-refractivity contribution in [2.45, 2.75) is 39.2 Å². The molecule has 2 rings (SSSR count). The van der Waals surface area contributed by atoms with E-state index in [4.69, 9.17) is 0 Å². The third-order valence-corrected chi connectivity index (χ3v) is 3.05. The summed E-state index contributed by atoms with van der Waals surface area (Å²) < 4.78 is 1.41. The van der Waals surface area contributed by atoms with E-state index in [1.54, 1.807) is 13.0 Å². The molecule has 2 unspecified atom stereocenters. The molecule has 6 nitrogen and oxygen atoms in total. The Morgan fingerprint density at radius 1 is 1.59 bits per heavy atom. The standard InChI is InChI=1S/C11H16N4O2/c1-4-9(16)6(2)8-5-10-13-14-11(17)15(10)7(3)12-8/h5-6,9,16H,4H2,1-3H3,(H,14,17). The normalized spacial score (nSPS) is 15.1. The van der Waals surface area contributed by atoms with Gasteiger partial charge in [0.05, 0.1) is 11.8 Å². The molecule has 0 amide bonds. The first-order valence-electron chi connectivity index (χ1n) is 5.67. The van der Waals surface area contributed by atoms with Crippen LogP contribution in [0.4, 0.5) is 0 Å². The van der Waals surface area contributed by atoms with E-state index < -0.39 is 6.10 Å².